The summed E-state index contributed by atoms with van der Waals surface area (Å²) in [5.74, 6) is 3.24. The van der Waals surface area contributed by atoms with E-state index in [1.807, 2.05) is 42.5 Å². The summed E-state index contributed by atoms with van der Waals surface area (Å²) in [5, 5.41) is 0. The Hall–Kier alpha value is -3.11. The van der Waals surface area contributed by atoms with Crippen LogP contribution in [0.15, 0.2) is 78.9 Å². The van der Waals surface area contributed by atoms with E-state index in [1.54, 1.807) is 0 Å². The molecule has 0 bridgehead atoms. The molecule has 1 nitrogen and oxygen atoms in total. The van der Waals surface area contributed by atoms with Gasteiger partial charge in [0.25, 0.3) is 0 Å². The predicted octanol–water partition coefficient (Wildman–Crippen LogP) is 5.25. The number of fused-ring (bicyclic) bond motifs is 2. The first kappa shape index (κ1) is 16.4. The Morgan fingerprint density at radius 3 is 1.92 bits per heavy atom. The van der Waals surface area contributed by atoms with Gasteiger partial charge in [0.05, 0.1) is 0 Å². The number of carbonyl (C=O) groups is 1. The minimum absolute atomic E-state index is 0.0469. The molecule has 0 aromatic heterocycles. The highest BCUT2D eigenvalue weighted by atomic mass is 16.1. The Morgan fingerprint density at radius 2 is 1.35 bits per heavy atom. The molecule has 0 aliphatic heterocycles. The van der Waals surface area contributed by atoms with Crippen LogP contribution in [-0.2, 0) is 6.42 Å². The molecule has 0 heterocycles. The van der Waals surface area contributed by atoms with Crippen molar-refractivity contribution in [2.45, 2.75) is 18.8 Å². The van der Waals surface area contributed by atoms with Crippen molar-refractivity contribution in [3.63, 3.8) is 0 Å². The summed E-state index contributed by atoms with van der Waals surface area (Å²) in [6, 6.07) is 26.2. The zero-order valence-corrected chi connectivity index (χ0v) is 14.6. The molecule has 3 aromatic carbocycles. The van der Waals surface area contributed by atoms with Crippen molar-refractivity contribution < 1.29 is 4.79 Å². The van der Waals surface area contributed by atoms with Gasteiger partial charge >= 0.3 is 0 Å². The summed E-state index contributed by atoms with van der Waals surface area (Å²) in [4.78, 5) is 12.9. The molecular weight excluding hydrogens is 316 g/mol. The molecule has 4 rings (SSSR count). The standard InChI is InChI=1S/C25H20O/c1-2-19(17-16-18-10-4-3-5-11-18)24-20-12-6-8-14-22(20)25(26)23-15-9-7-13-21(23)24/h1,3-15,19,24H,16-17H2. The van der Waals surface area contributed by atoms with Gasteiger partial charge in [0.1, 0.15) is 0 Å². The second-order valence-corrected chi connectivity index (χ2v) is 6.78. The average molecular weight is 336 g/mol. The third-order valence-electron chi connectivity index (χ3n) is 5.28. The second-order valence-electron chi connectivity index (χ2n) is 6.78. The lowest BCUT2D eigenvalue weighted by molar-refractivity contribution is 0.103. The van der Waals surface area contributed by atoms with Gasteiger partial charge in [-0.2, -0.15) is 0 Å². The largest absolute Gasteiger partial charge is 0.289 e. The fourth-order valence-corrected chi connectivity index (χ4v) is 4.01. The number of hydrogen-bond acceptors (Lipinski definition) is 1. The molecule has 1 atom stereocenters. The van der Waals surface area contributed by atoms with Gasteiger partial charge in [-0.15, -0.1) is 12.3 Å². The minimum Gasteiger partial charge on any atom is -0.289 e. The Labute approximate surface area is 154 Å². The Kier molecular flexibility index (Phi) is 4.42. The number of hydrogen-bond donors (Lipinski definition) is 0. The fraction of sp³-hybridized carbons (Fsp3) is 0.160. The lowest BCUT2D eigenvalue weighted by atomic mass is 9.70. The summed E-state index contributed by atoms with van der Waals surface area (Å²) < 4.78 is 0. The lowest BCUT2D eigenvalue weighted by Gasteiger charge is -2.31. The van der Waals surface area contributed by atoms with Crippen LogP contribution in [0, 0.1) is 18.3 Å². The smallest absolute Gasteiger partial charge is 0.193 e. The molecule has 1 unspecified atom stereocenters. The number of ketones is 1. The molecule has 0 N–H and O–H groups in total. The molecule has 1 aliphatic carbocycles. The normalized spacial score (nSPS) is 14.2. The summed E-state index contributed by atoms with van der Waals surface area (Å²) in [6.45, 7) is 0. The van der Waals surface area contributed by atoms with Gasteiger partial charge in [0.2, 0.25) is 0 Å². The highest BCUT2D eigenvalue weighted by molar-refractivity contribution is 6.12. The number of aryl methyl sites for hydroxylation is 1. The molecule has 3 aromatic rings. The summed E-state index contributed by atoms with van der Waals surface area (Å²) in [7, 11) is 0. The van der Waals surface area contributed by atoms with Gasteiger partial charge in [-0.25, -0.2) is 0 Å². The van der Waals surface area contributed by atoms with Crippen molar-refractivity contribution in [3.05, 3.63) is 107 Å². The van der Waals surface area contributed by atoms with Gasteiger partial charge in [-0.1, -0.05) is 78.9 Å². The maximum absolute atomic E-state index is 12.9. The molecule has 0 saturated heterocycles. The van der Waals surface area contributed by atoms with Crippen LogP contribution in [0.25, 0.3) is 0 Å². The topological polar surface area (TPSA) is 17.1 Å². The Balaban J connectivity index is 1.74. The Bertz CT molecular complexity index is 929. The van der Waals surface area contributed by atoms with Gasteiger partial charge in [-0.05, 0) is 29.5 Å². The molecule has 0 spiro atoms. The van der Waals surface area contributed by atoms with E-state index in [0.717, 1.165) is 35.1 Å². The molecule has 0 fully saturated rings. The first-order chi connectivity index (χ1) is 12.8. The van der Waals surface area contributed by atoms with E-state index >= 15 is 0 Å². The van der Waals surface area contributed by atoms with E-state index in [4.69, 9.17) is 6.42 Å². The SMILES string of the molecule is C#CC(CCc1ccccc1)C1c2ccccc2C(=O)c2ccccc21. The van der Waals surface area contributed by atoms with E-state index in [0.29, 0.717) is 0 Å². The Morgan fingerprint density at radius 1 is 0.808 bits per heavy atom. The molecule has 1 aliphatic rings. The average Bonchev–Trinajstić information content (AvgIpc) is 2.71. The predicted molar refractivity (Wildman–Crippen MR) is 105 cm³/mol. The van der Waals surface area contributed by atoms with Crippen molar-refractivity contribution in [2.24, 2.45) is 5.92 Å². The van der Waals surface area contributed by atoms with Crippen molar-refractivity contribution in [3.8, 4) is 12.3 Å². The van der Waals surface area contributed by atoms with E-state index < -0.39 is 0 Å². The van der Waals surface area contributed by atoms with Crippen LogP contribution in [0.3, 0.4) is 0 Å². The van der Waals surface area contributed by atoms with Gasteiger partial charge in [-0.3, -0.25) is 4.79 Å². The third kappa shape index (κ3) is 2.85. The first-order valence-electron chi connectivity index (χ1n) is 9.02. The quantitative estimate of drug-likeness (QED) is 0.595. The van der Waals surface area contributed by atoms with E-state index in [9.17, 15) is 4.79 Å². The second kappa shape index (κ2) is 7.02. The molecule has 26 heavy (non-hydrogen) atoms. The van der Waals surface area contributed by atoms with Crippen LogP contribution >= 0.6 is 0 Å². The molecule has 0 radical (unpaired) electrons. The van der Waals surface area contributed by atoms with Crippen LogP contribution in [0.1, 0.15) is 45.0 Å². The first-order valence-corrected chi connectivity index (χ1v) is 9.02. The van der Waals surface area contributed by atoms with Crippen LogP contribution in [0.2, 0.25) is 0 Å². The van der Waals surface area contributed by atoms with Crippen LogP contribution in [-0.4, -0.2) is 5.78 Å². The van der Waals surface area contributed by atoms with Crippen molar-refractivity contribution in [1.29, 1.82) is 0 Å². The maximum Gasteiger partial charge on any atom is 0.193 e. The van der Waals surface area contributed by atoms with Crippen LogP contribution in [0.5, 0.6) is 0 Å². The zero-order chi connectivity index (χ0) is 17.9. The summed E-state index contributed by atoms with van der Waals surface area (Å²) in [6.07, 6.45) is 7.81. The number of terminal acetylenes is 1. The fourth-order valence-electron chi connectivity index (χ4n) is 4.01. The summed E-state index contributed by atoms with van der Waals surface area (Å²) >= 11 is 0. The van der Waals surface area contributed by atoms with Crippen molar-refractivity contribution in [2.75, 3.05) is 0 Å². The van der Waals surface area contributed by atoms with Gasteiger partial charge < -0.3 is 0 Å². The van der Waals surface area contributed by atoms with Gasteiger partial charge in [0, 0.05) is 23.0 Å². The molecule has 126 valence electrons. The number of carbonyl (C=O) groups excluding carboxylic acids is 1. The summed E-state index contributed by atoms with van der Waals surface area (Å²) in [5.41, 5.74) is 4.99. The number of benzene rings is 3. The van der Waals surface area contributed by atoms with E-state index in [2.05, 4.69) is 42.3 Å². The third-order valence-corrected chi connectivity index (χ3v) is 5.28. The monoisotopic (exact) mass is 336 g/mol. The minimum atomic E-state index is 0.0469. The maximum atomic E-state index is 12.9. The van der Waals surface area contributed by atoms with Crippen LogP contribution < -0.4 is 0 Å². The molecule has 0 amide bonds. The zero-order valence-electron chi connectivity index (χ0n) is 14.6. The molecular formula is C25H20O. The highest BCUT2D eigenvalue weighted by Crippen LogP contribution is 2.42. The molecule has 1 heteroatoms. The molecule has 0 saturated carbocycles. The van der Waals surface area contributed by atoms with Crippen molar-refractivity contribution >= 4 is 5.78 Å². The van der Waals surface area contributed by atoms with Gasteiger partial charge in [0.15, 0.2) is 5.78 Å². The van der Waals surface area contributed by atoms with Crippen LogP contribution in [0.4, 0.5) is 0 Å². The van der Waals surface area contributed by atoms with E-state index in [-0.39, 0.29) is 17.6 Å². The highest BCUT2D eigenvalue weighted by Gasteiger charge is 2.34. The number of rotatable bonds is 4. The van der Waals surface area contributed by atoms with E-state index in [1.165, 1.54) is 5.56 Å². The lowest BCUT2D eigenvalue weighted by Crippen LogP contribution is -2.24. The van der Waals surface area contributed by atoms with Crippen molar-refractivity contribution in [1.82, 2.24) is 0 Å².